The highest BCUT2D eigenvalue weighted by Gasteiger charge is 2.47. The SMILES string of the molecule is NCC1(c2onc3cc(Br)ccc23)CC1. The molecule has 1 heterocycles. The molecule has 1 saturated carbocycles. The van der Waals surface area contributed by atoms with E-state index in [4.69, 9.17) is 10.3 Å². The van der Waals surface area contributed by atoms with Gasteiger partial charge in [0.05, 0.1) is 0 Å². The quantitative estimate of drug-likeness (QED) is 0.909. The van der Waals surface area contributed by atoms with Gasteiger partial charge in [-0.25, -0.2) is 0 Å². The highest BCUT2D eigenvalue weighted by atomic mass is 79.9. The van der Waals surface area contributed by atoms with Crippen LogP contribution in [0, 0.1) is 0 Å². The van der Waals surface area contributed by atoms with Crippen LogP contribution in [0.1, 0.15) is 18.6 Å². The average Bonchev–Trinajstić information content (AvgIpc) is 2.93. The number of halogens is 1. The molecule has 0 saturated heterocycles. The molecule has 2 N–H and O–H groups in total. The highest BCUT2D eigenvalue weighted by Crippen LogP contribution is 2.49. The molecule has 1 aromatic heterocycles. The van der Waals surface area contributed by atoms with Gasteiger partial charge in [0.2, 0.25) is 0 Å². The lowest BCUT2D eigenvalue weighted by Gasteiger charge is -2.07. The van der Waals surface area contributed by atoms with E-state index in [1.807, 2.05) is 18.2 Å². The van der Waals surface area contributed by atoms with Crippen LogP contribution in [0.5, 0.6) is 0 Å². The second-order valence-electron chi connectivity index (χ2n) is 4.16. The van der Waals surface area contributed by atoms with Gasteiger partial charge >= 0.3 is 0 Å². The van der Waals surface area contributed by atoms with Crippen molar-refractivity contribution in [2.75, 3.05) is 6.54 Å². The van der Waals surface area contributed by atoms with Crippen molar-refractivity contribution < 1.29 is 4.52 Å². The molecule has 0 atom stereocenters. The molecular formula is C11H11BrN2O. The standard InChI is InChI=1S/C11H11BrN2O/c12-7-1-2-8-9(5-7)14-15-10(8)11(6-13)3-4-11/h1-2,5H,3-4,6,13H2. The minimum atomic E-state index is 0.0720. The van der Waals surface area contributed by atoms with Crippen molar-refractivity contribution in [1.29, 1.82) is 0 Å². The van der Waals surface area contributed by atoms with Crippen molar-refractivity contribution in [3.63, 3.8) is 0 Å². The third-order valence-corrected chi connectivity index (χ3v) is 3.66. The van der Waals surface area contributed by atoms with Crippen LogP contribution < -0.4 is 5.73 Å². The van der Waals surface area contributed by atoms with Crippen LogP contribution in [-0.4, -0.2) is 11.7 Å². The van der Waals surface area contributed by atoms with E-state index in [2.05, 4.69) is 21.1 Å². The number of hydrogen-bond acceptors (Lipinski definition) is 3. The lowest BCUT2D eigenvalue weighted by Crippen LogP contribution is -2.19. The summed E-state index contributed by atoms with van der Waals surface area (Å²) in [5, 5.41) is 5.17. The van der Waals surface area contributed by atoms with E-state index < -0.39 is 0 Å². The Morgan fingerprint density at radius 3 is 2.93 bits per heavy atom. The number of nitrogens with two attached hydrogens (primary N) is 1. The predicted molar refractivity (Wildman–Crippen MR) is 61.7 cm³/mol. The van der Waals surface area contributed by atoms with E-state index in [-0.39, 0.29) is 5.41 Å². The van der Waals surface area contributed by atoms with Crippen LogP contribution in [0.4, 0.5) is 0 Å². The molecule has 0 unspecified atom stereocenters. The van der Waals surface area contributed by atoms with Gasteiger partial charge in [0, 0.05) is 21.8 Å². The largest absolute Gasteiger partial charge is 0.359 e. The summed E-state index contributed by atoms with van der Waals surface area (Å²) in [7, 11) is 0. The van der Waals surface area contributed by atoms with E-state index in [0.29, 0.717) is 6.54 Å². The molecule has 3 rings (SSSR count). The van der Waals surface area contributed by atoms with Gasteiger partial charge in [-0.05, 0) is 31.0 Å². The number of fused-ring (bicyclic) bond motifs is 1. The Bertz CT molecular complexity index is 516. The molecule has 0 bridgehead atoms. The van der Waals surface area contributed by atoms with Gasteiger partial charge in [0.1, 0.15) is 5.52 Å². The fraction of sp³-hybridized carbons (Fsp3) is 0.364. The van der Waals surface area contributed by atoms with Crippen LogP contribution >= 0.6 is 15.9 Å². The fourth-order valence-electron chi connectivity index (χ4n) is 1.97. The first-order chi connectivity index (χ1) is 7.25. The van der Waals surface area contributed by atoms with Crippen molar-refractivity contribution in [2.45, 2.75) is 18.3 Å². The Labute approximate surface area is 95.7 Å². The van der Waals surface area contributed by atoms with E-state index in [9.17, 15) is 0 Å². The first-order valence-electron chi connectivity index (χ1n) is 5.01. The van der Waals surface area contributed by atoms with E-state index in [1.165, 1.54) is 0 Å². The Hall–Kier alpha value is -0.870. The summed E-state index contributed by atoms with van der Waals surface area (Å²) in [5.74, 6) is 0.965. The molecule has 1 aliphatic carbocycles. The molecule has 15 heavy (non-hydrogen) atoms. The van der Waals surface area contributed by atoms with Crippen molar-refractivity contribution in [3.8, 4) is 0 Å². The zero-order chi connectivity index (χ0) is 10.5. The smallest absolute Gasteiger partial charge is 0.151 e. The van der Waals surface area contributed by atoms with Crippen LogP contribution in [0.3, 0.4) is 0 Å². The third kappa shape index (κ3) is 1.32. The second kappa shape index (κ2) is 3.06. The third-order valence-electron chi connectivity index (χ3n) is 3.17. The molecule has 78 valence electrons. The zero-order valence-electron chi connectivity index (χ0n) is 8.16. The van der Waals surface area contributed by atoms with Crippen LogP contribution in [0.2, 0.25) is 0 Å². The maximum atomic E-state index is 5.78. The lowest BCUT2D eigenvalue weighted by molar-refractivity contribution is 0.361. The van der Waals surface area contributed by atoms with Crippen LogP contribution in [-0.2, 0) is 5.41 Å². The second-order valence-corrected chi connectivity index (χ2v) is 5.07. The summed E-state index contributed by atoms with van der Waals surface area (Å²) in [6.07, 6.45) is 2.23. The minimum absolute atomic E-state index is 0.0720. The van der Waals surface area contributed by atoms with Gasteiger partial charge in [0.25, 0.3) is 0 Å². The Kier molecular flexibility index (Phi) is 1.91. The first-order valence-corrected chi connectivity index (χ1v) is 5.80. The van der Waals surface area contributed by atoms with Crippen molar-refractivity contribution in [1.82, 2.24) is 5.16 Å². The van der Waals surface area contributed by atoms with Crippen molar-refractivity contribution >= 4 is 26.8 Å². The number of benzene rings is 1. The molecule has 3 nitrogen and oxygen atoms in total. The molecule has 4 heteroatoms. The number of hydrogen-bond donors (Lipinski definition) is 1. The number of nitrogens with zero attached hydrogens (tertiary/aromatic N) is 1. The number of aromatic nitrogens is 1. The van der Waals surface area contributed by atoms with Gasteiger partial charge in [0.15, 0.2) is 5.76 Å². The molecule has 0 radical (unpaired) electrons. The lowest BCUT2D eigenvalue weighted by atomic mass is 10.0. The number of rotatable bonds is 2. The maximum Gasteiger partial charge on any atom is 0.151 e. The van der Waals surface area contributed by atoms with Gasteiger partial charge in [-0.2, -0.15) is 0 Å². The Morgan fingerprint density at radius 2 is 2.27 bits per heavy atom. The average molecular weight is 267 g/mol. The predicted octanol–water partition coefficient (Wildman–Crippen LogP) is 2.58. The maximum absolute atomic E-state index is 5.78. The van der Waals surface area contributed by atoms with E-state index >= 15 is 0 Å². The summed E-state index contributed by atoms with van der Waals surface area (Å²) in [6, 6.07) is 6.02. The van der Waals surface area contributed by atoms with Gasteiger partial charge in [-0.15, -0.1) is 0 Å². The van der Waals surface area contributed by atoms with E-state index in [0.717, 1.165) is 34.0 Å². The highest BCUT2D eigenvalue weighted by molar-refractivity contribution is 9.10. The van der Waals surface area contributed by atoms with Gasteiger partial charge < -0.3 is 10.3 Å². The zero-order valence-corrected chi connectivity index (χ0v) is 9.75. The molecule has 1 aliphatic rings. The molecule has 0 aliphatic heterocycles. The van der Waals surface area contributed by atoms with Crippen LogP contribution in [0.25, 0.3) is 10.9 Å². The minimum Gasteiger partial charge on any atom is -0.359 e. The molecule has 0 spiro atoms. The summed E-state index contributed by atoms with van der Waals surface area (Å²) < 4.78 is 6.46. The normalized spacial score (nSPS) is 18.3. The van der Waals surface area contributed by atoms with Crippen molar-refractivity contribution in [2.24, 2.45) is 5.73 Å². The molecular weight excluding hydrogens is 256 g/mol. The monoisotopic (exact) mass is 266 g/mol. The topological polar surface area (TPSA) is 52.0 Å². The van der Waals surface area contributed by atoms with Gasteiger partial charge in [-0.1, -0.05) is 21.1 Å². The van der Waals surface area contributed by atoms with Crippen LogP contribution in [0.15, 0.2) is 27.2 Å². The summed E-state index contributed by atoms with van der Waals surface area (Å²) in [5.41, 5.74) is 6.76. The molecule has 1 fully saturated rings. The first kappa shape index (κ1) is 9.36. The molecule has 2 aromatic rings. The Morgan fingerprint density at radius 1 is 1.47 bits per heavy atom. The van der Waals surface area contributed by atoms with Crippen molar-refractivity contribution in [3.05, 3.63) is 28.4 Å². The fourth-order valence-corrected chi connectivity index (χ4v) is 2.32. The van der Waals surface area contributed by atoms with E-state index in [1.54, 1.807) is 0 Å². The molecule has 0 amide bonds. The summed E-state index contributed by atoms with van der Waals surface area (Å²) >= 11 is 3.42. The van der Waals surface area contributed by atoms with Gasteiger partial charge in [-0.3, -0.25) is 0 Å². The molecule has 1 aromatic carbocycles. The summed E-state index contributed by atoms with van der Waals surface area (Å²) in [4.78, 5) is 0. The summed E-state index contributed by atoms with van der Waals surface area (Å²) in [6.45, 7) is 0.646. The Balaban J connectivity index is 2.21.